The molecule has 0 atom stereocenters. The molecule has 0 radical (unpaired) electrons. The van der Waals surface area contributed by atoms with Crippen molar-refractivity contribution in [2.75, 3.05) is 0 Å². The summed E-state index contributed by atoms with van der Waals surface area (Å²) in [7, 11) is 0. The van der Waals surface area contributed by atoms with Gasteiger partial charge in [0.1, 0.15) is 34.4 Å². The first kappa shape index (κ1) is 33.4. The highest BCUT2D eigenvalue weighted by molar-refractivity contribution is 5.97. The standard InChI is InChI=1S/C38H27FO8/c1-6-33(40)44-29-16-14-27(15-17-29)26-11-8-25(9-12-26)10-13-28-22-32(47-37(42)23(3)4)35(36(39)24(28)5)38(43)46-31-20-18-30(19-21-31)45-34(41)7-2/h6-9,11-12,14-22H,1-3H2,4-5H3. The lowest BCUT2D eigenvalue weighted by Gasteiger charge is -2.14. The topological polar surface area (TPSA) is 105 Å². The summed E-state index contributed by atoms with van der Waals surface area (Å²) in [5, 5.41) is 0. The third-order valence-electron chi connectivity index (χ3n) is 6.45. The van der Waals surface area contributed by atoms with Crippen LogP contribution < -0.4 is 18.9 Å². The summed E-state index contributed by atoms with van der Waals surface area (Å²) in [5.74, 6) is 1.80. The molecule has 0 unspecified atom stereocenters. The molecule has 0 bridgehead atoms. The number of carbonyl (C=O) groups is 4. The Balaban J connectivity index is 1.60. The zero-order valence-corrected chi connectivity index (χ0v) is 25.4. The van der Waals surface area contributed by atoms with Crippen molar-refractivity contribution in [2.24, 2.45) is 0 Å². The maximum atomic E-state index is 15.8. The average Bonchev–Trinajstić information content (AvgIpc) is 3.07. The summed E-state index contributed by atoms with van der Waals surface area (Å²) in [6.07, 6.45) is 2.07. The predicted molar refractivity (Wildman–Crippen MR) is 173 cm³/mol. The zero-order chi connectivity index (χ0) is 34.1. The summed E-state index contributed by atoms with van der Waals surface area (Å²) < 4.78 is 36.5. The molecule has 4 aromatic rings. The number of ether oxygens (including phenoxy) is 4. The zero-order valence-electron chi connectivity index (χ0n) is 25.4. The molecule has 8 nitrogen and oxygen atoms in total. The van der Waals surface area contributed by atoms with Crippen LogP contribution in [0, 0.1) is 24.6 Å². The molecule has 0 fully saturated rings. The molecule has 0 heterocycles. The molecule has 0 aromatic heterocycles. The highest BCUT2D eigenvalue weighted by Gasteiger charge is 2.26. The van der Waals surface area contributed by atoms with Gasteiger partial charge in [-0.1, -0.05) is 55.8 Å². The van der Waals surface area contributed by atoms with E-state index in [1.807, 2.05) is 12.1 Å². The van der Waals surface area contributed by atoms with Crippen molar-refractivity contribution in [3.05, 3.63) is 144 Å². The first-order valence-electron chi connectivity index (χ1n) is 13.9. The molecule has 0 amide bonds. The van der Waals surface area contributed by atoms with Gasteiger partial charge in [-0.15, -0.1) is 0 Å². The number of rotatable bonds is 9. The Morgan fingerprint density at radius 2 is 1.17 bits per heavy atom. The van der Waals surface area contributed by atoms with Gasteiger partial charge in [-0.05, 0) is 79.6 Å². The van der Waals surface area contributed by atoms with E-state index in [1.165, 1.54) is 44.2 Å². The van der Waals surface area contributed by atoms with E-state index in [0.29, 0.717) is 11.3 Å². The van der Waals surface area contributed by atoms with Crippen molar-refractivity contribution in [3.63, 3.8) is 0 Å². The Kier molecular flexibility index (Phi) is 10.6. The molecule has 0 N–H and O–H groups in total. The van der Waals surface area contributed by atoms with Crippen LogP contribution in [-0.4, -0.2) is 23.9 Å². The van der Waals surface area contributed by atoms with Gasteiger partial charge in [-0.3, -0.25) is 0 Å². The molecule has 9 heteroatoms. The van der Waals surface area contributed by atoms with Gasteiger partial charge >= 0.3 is 23.9 Å². The van der Waals surface area contributed by atoms with Crippen molar-refractivity contribution >= 4 is 23.9 Å². The van der Waals surface area contributed by atoms with E-state index in [9.17, 15) is 19.2 Å². The normalized spacial score (nSPS) is 10.0. The second-order valence-corrected chi connectivity index (χ2v) is 9.87. The van der Waals surface area contributed by atoms with E-state index in [2.05, 4.69) is 31.6 Å². The molecular weight excluding hydrogens is 603 g/mol. The van der Waals surface area contributed by atoms with Gasteiger partial charge in [0.2, 0.25) is 0 Å². The molecule has 0 aliphatic carbocycles. The van der Waals surface area contributed by atoms with Crippen molar-refractivity contribution < 1.29 is 42.5 Å². The highest BCUT2D eigenvalue weighted by atomic mass is 19.1. The SMILES string of the molecule is C=CC(=O)Oc1ccc(OC(=O)c2c(OC(=O)C(=C)C)cc(C#Cc3ccc(-c4ccc(OC(=O)C=C)cc4)cc3)c(C)c2F)cc1. The third kappa shape index (κ3) is 8.56. The van der Waals surface area contributed by atoms with Gasteiger partial charge in [0.15, 0.2) is 0 Å². The monoisotopic (exact) mass is 630 g/mol. The molecular formula is C38H27FO8. The van der Waals surface area contributed by atoms with Crippen LogP contribution in [0.25, 0.3) is 11.1 Å². The molecule has 0 spiro atoms. The molecule has 0 aliphatic rings. The lowest BCUT2D eigenvalue weighted by molar-refractivity contribution is -0.130. The Morgan fingerprint density at radius 3 is 1.66 bits per heavy atom. The number of esters is 4. The molecule has 47 heavy (non-hydrogen) atoms. The Morgan fingerprint density at radius 1 is 0.702 bits per heavy atom. The summed E-state index contributed by atoms with van der Waals surface area (Å²) in [5.41, 5.74) is 1.97. The average molecular weight is 631 g/mol. The van der Waals surface area contributed by atoms with Crippen molar-refractivity contribution in [2.45, 2.75) is 13.8 Å². The lowest BCUT2D eigenvalue weighted by Crippen LogP contribution is -2.17. The molecule has 0 aliphatic heterocycles. The van der Waals surface area contributed by atoms with Crippen LogP contribution in [0.3, 0.4) is 0 Å². The summed E-state index contributed by atoms with van der Waals surface area (Å²) in [4.78, 5) is 48.3. The maximum absolute atomic E-state index is 15.8. The van der Waals surface area contributed by atoms with Gasteiger partial charge in [0.25, 0.3) is 0 Å². The number of carbonyl (C=O) groups excluding carboxylic acids is 4. The fraction of sp³-hybridized carbons (Fsp3) is 0.0526. The maximum Gasteiger partial charge on any atom is 0.350 e. The van der Waals surface area contributed by atoms with Crippen LogP contribution in [0.5, 0.6) is 23.0 Å². The van der Waals surface area contributed by atoms with Crippen LogP contribution in [-0.2, 0) is 14.4 Å². The van der Waals surface area contributed by atoms with Crippen LogP contribution in [0.4, 0.5) is 4.39 Å². The molecule has 0 saturated heterocycles. The lowest BCUT2D eigenvalue weighted by atomic mass is 10.0. The fourth-order valence-electron chi connectivity index (χ4n) is 3.96. The predicted octanol–water partition coefficient (Wildman–Crippen LogP) is 7.08. The van der Waals surface area contributed by atoms with Gasteiger partial charge < -0.3 is 18.9 Å². The third-order valence-corrected chi connectivity index (χ3v) is 6.45. The van der Waals surface area contributed by atoms with Crippen LogP contribution >= 0.6 is 0 Å². The van der Waals surface area contributed by atoms with Crippen molar-refractivity contribution in [3.8, 4) is 46.0 Å². The Labute approximate surface area is 270 Å². The minimum Gasteiger partial charge on any atom is -0.423 e. The highest BCUT2D eigenvalue weighted by Crippen LogP contribution is 2.30. The van der Waals surface area contributed by atoms with Gasteiger partial charge in [0.05, 0.1) is 0 Å². The van der Waals surface area contributed by atoms with E-state index < -0.39 is 41.0 Å². The van der Waals surface area contributed by atoms with Gasteiger partial charge in [-0.2, -0.15) is 0 Å². The van der Waals surface area contributed by atoms with E-state index in [4.69, 9.17) is 18.9 Å². The van der Waals surface area contributed by atoms with Crippen LogP contribution in [0.1, 0.15) is 34.0 Å². The summed E-state index contributed by atoms with van der Waals surface area (Å²) in [6.45, 7) is 13.1. The van der Waals surface area contributed by atoms with E-state index >= 15 is 4.39 Å². The number of benzene rings is 4. The van der Waals surface area contributed by atoms with Gasteiger partial charge in [0, 0.05) is 34.4 Å². The second-order valence-electron chi connectivity index (χ2n) is 9.87. The summed E-state index contributed by atoms with van der Waals surface area (Å²) >= 11 is 0. The second kappa shape index (κ2) is 15.0. The van der Waals surface area contributed by atoms with Crippen molar-refractivity contribution in [1.29, 1.82) is 0 Å². The van der Waals surface area contributed by atoms with E-state index in [-0.39, 0.29) is 28.2 Å². The van der Waals surface area contributed by atoms with E-state index in [1.54, 1.807) is 36.4 Å². The quantitative estimate of drug-likeness (QED) is 0.0836. The van der Waals surface area contributed by atoms with E-state index in [0.717, 1.165) is 23.3 Å². The molecule has 234 valence electrons. The number of hydrogen-bond donors (Lipinski definition) is 0. The van der Waals surface area contributed by atoms with Crippen molar-refractivity contribution in [1.82, 2.24) is 0 Å². The number of halogens is 1. The smallest absolute Gasteiger partial charge is 0.350 e. The molecule has 4 rings (SSSR count). The Hall–Kier alpha value is -6.53. The largest absolute Gasteiger partial charge is 0.423 e. The first-order valence-corrected chi connectivity index (χ1v) is 13.9. The summed E-state index contributed by atoms with van der Waals surface area (Å²) in [6, 6.07) is 20.9. The number of hydrogen-bond acceptors (Lipinski definition) is 8. The Bertz CT molecular complexity index is 1960. The minimum atomic E-state index is -1.13. The van der Waals surface area contributed by atoms with Crippen LogP contribution in [0.15, 0.2) is 116 Å². The first-order chi connectivity index (χ1) is 22.5. The van der Waals surface area contributed by atoms with Gasteiger partial charge in [-0.25, -0.2) is 23.6 Å². The molecule has 4 aromatic carbocycles. The van der Waals surface area contributed by atoms with Crippen LogP contribution in [0.2, 0.25) is 0 Å². The molecule has 0 saturated carbocycles. The minimum absolute atomic E-state index is 0.0158. The fourth-order valence-corrected chi connectivity index (χ4v) is 3.96.